The second kappa shape index (κ2) is 9.27. The lowest BCUT2D eigenvalue weighted by Crippen LogP contribution is -2.49. The van der Waals surface area contributed by atoms with Gasteiger partial charge in [-0.3, -0.25) is 9.10 Å². The summed E-state index contributed by atoms with van der Waals surface area (Å²) in [6, 6.07) is 13.6. The van der Waals surface area contributed by atoms with Crippen molar-refractivity contribution in [1.82, 2.24) is 9.97 Å². The van der Waals surface area contributed by atoms with Gasteiger partial charge in [-0.25, -0.2) is 31.5 Å². The van der Waals surface area contributed by atoms with Gasteiger partial charge in [0, 0.05) is 18.1 Å². The van der Waals surface area contributed by atoms with E-state index in [1.54, 1.807) is 30.3 Å². The van der Waals surface area contributed by atoms with Gasteiger partial charge in [0.2, 0.25) is 16.0 Å². The first-order valence-electron chi connectivity index (χ1n) is 10.2. The number of ether oxygens (including phenoxy) is 1. The van der Waals surface area contributed by atoms with Crippen molar-refractivity contribution in [3.05, 3.63) is 67.0 Å². The van der Waals surface area contributed by atoms with Gasteiger partial charge in [0.15, 0.2) is 6.10 Å². The zero-order valence-electron chi connectivity index (χ0n) is 18.0. The molecule has 2 N–H and O–H groups in total. The molecule has 0 bridgehead atoms. The van der Waals surface area contributed by atoms with E-state index in [2.05, 4.69) is 20.0 Å². The van der Waals surface area contributed by atoms with Crippen LogP contribution in [-0.2, 0) is 24.8 Å². The molecule has 11 nitrogen and oxygen atoms in total. The normalized spacial score (nSPS) is 15.7. The molecule has 3 aromatic rings. The van der Waals surface area contributed by atoms with Crippen molar-refractivity contribution in [2.45, 2.75) is 17.9 Å². The summed E-state index contributed by atoms with van der Waals surface area (Å²) in [6.07, 6.45) is 1.71. The summed E-state index contributed by atoms with van der Waals surface area (Å²) in [6.45, 7) is 1.34. The van der Waals surface area contributed by atoms with Gasteiger partial charge in [0.05, 0.1) is 22.9 Å². The van der Waals surface area contributed by atoms with Crippen LogP contribution in [0, 0.1) is 0 Å². The Morgan fingerprint density at radius 1 is 1.03 bits per heavy atom. The quantitative estimate of drug-likeness (QED) is 0.496. The molecule has 1 aromatic heterocycles. The van der Waals surface area contributed by atoms with Gasteiger partial charge in [-0.2, -0.15) is 0 Å². The first kappa shape index (κ1) is 23.4. The number of hydrogen-bond acceptors (Lipinski definition) is 8. The molecule has 1 atom stereocenters. The summed E-state index contributed by atoms with van der Waals surface area (Å²) >= 11 is 0. The third-order valence-corrected chi connectivity index (χ3v) is 8.04. The third-order valence-electron chi connectivity index (χ3n) is 4.95. The predicted octanol–water partition coefficient (Wildman–Crippen LogP) is 1.83. The summed E-state index contributed by atoms with van der Waals surface area (Å²) in [5, 5.41) is 2.64. The van der Waals surface area contributed by atoms with E-state index in [0.29, 0.717) is 11.4 Å². The van der Waals surface area contributed by atoms with Gasteiger partial charge < -0.3 is 10.1 Å². The Morgan fingerprint density at radius 3 is 2.38 bits per heavy atom. The number of nitrogens with one attached hydrogen (secondary N) is 2. The Hall–Kier alpha value is -3.71. The topological polar surface area (TPSA) is 148 Å². The van der Waals surface area contributed by atoms with E-state index >= 15 is 0 Å². The largest absolute Gasteiger partial charge is 0.476 e. The fourth-order valence-electron chi connectivity index (χ4n) is 3.23. The maximum absolute atomic E-state index is 12.9. The van der Waals surface area contributed by atoms with Crippen LogP contribution in [0.15, 0.2) is 71.9 Å². The maximum Gasteiger partial charge on any atom is 0.267 e. The van der Waals surface area contributed by atoms with E-state index in [1.165, 1.54) is 47.9 Å². The maximum atomic E-state index is 12.9. The predicted molar refractivity (Wildman–Crippen MR) is 126 cm³/mol. The van der Waals surface area contributed by atoms with E-state index in [1.807, 2.05) is 0 Å². The lowest BCUT2D eigenvalue weighted by atomic mass is 10.2. The number of aromatic nitrogens is 2. The van der Waals surface area contributed by atoms with Gasteiger partial charge in [-0.05, 0) is 49.4 Å². The Kier molecular flexibility index (Phi) is 6.39. The summed E-state index contributed by atoms with van der Waals surface area (Å²) in [5.74, 6) is -0.492. The van der Waals surface area contributed by atoms with Crippen LogP contribution in [0.25, 0.3) is 0 Å². The third kappa shape index (κ3) is 4.94. The number of carbonyl (C=O) groups excluding carboxylic acids is 1. The molecular formula is C21H21N5O6S2. The standard InChI is InChI=1S/C21H21N5O6S2/c1-2-33(28,29)26-14-19(32-18-7-4-3-6-17(18)26)20(27)24-15-8-10-16(11-9-15)34(30,31)25-21-22-12-5-13-23-21/h3-13,19H,2,14H2,1H3,(H,24,27)(H,22,23,25)/t19-/m0/s1. The molecule has 34 heavy (non-hydrogen) atoms. The first-order chi connectivity index (χ1) is 16.2. The summed E-state index contributed by atoms with van der Waals surface area (Å²) in [4.78, 5) is 20.5. The van der Waals surface area contributed by atoms with Gasteiger partial charge in [-0.1, -0.05) is 12.1 Å². The van der Waals surface area contributed by atoms with E-state index in [4.69, 9.17) is 4.74 Å². The lowest BCUT2D eigenvalue weighted by molar-refractivity contribution is -0.122. The molecule has 0 unspecified atom stereocenters. The molecule has 2 aromatic carbocycles. The van der Waals surface area contributed by atoms with Crippen LogP contribution >= 0.6 is 0 Å². The van der Waals surface area contributed by atoms with Crippen molar-refractivity contribution in [2.24, 2.45) is 0 Å². The number of hydrogen-bond donors (Lipinski definition) is 2. The highest BCUT2D eigenvalue weighted by atomic mass is 32.2. The highest BCUT2D eigenvalue weighted by Gasteiger charge is 2.36. The zero-order valence-corrected chi connectivity index (χ0v) is 19.6. The molecule has 0 radical (unpaired) electrons. The number of amides is 1. The number of carbonyl (C=O) groups is 1. The number of para-hydroxylation sites is 2. The molecule has 0 saturated heterocycles. The average molecular weight is 504 g/mol. The summed E-state index contributed by atoms with van der Waals surface area (Å²) in [5.41, 5.74) is 0.685. The molecule has 0 spiro atoms. The zero-order chi connectivity index (χ0) is 24.3. The number of sulfonamides is 2. The molecular weight excluding hydrogens is 482 g/mol. The Morgan fingerprint density at radius 2 is 1.71 bits per heavy atom. The number of fused-ring (bicyclic) bond motifs is 1. The van der Waals surface area contributed by atoms with Crippen LogP contribution in [0.5, 0.6) is 5.75 Å². The second-order valence-corrected chi connectivity index (χ2v) is 11.1. The summed E-state index contributed by atoms with van der Waals surface area (Å²) < 4.78 is 59.3. The van der Waals surface area contributed by atoms with E-state index < -0.39 is 32.1 Å². The van der Waals surface area contributed by atoms with Crippen LogP contribution < -0.4 is 19.1 Å². The molecule has 4 rings (SSSR count). The first-order valence-corrected chi connectivity index (χ1v) is 13.3. The molecule has 1 aliphatic rings. The SMILES string of the molecule is CCS(=O)(=O)N1C[C@@H](C(=O)Nc2ccc(S(=O)(=O)Nc3ncccn3)cc2)Oc2ccccc21. The van der Waals surface area contributed by atoms with E-state index in [9.17, 15) is 21.6 Å². The number of benzene rings is 2. The summed E-state index contributed by atoms with van der Waals surface area (Å²) in [7, 11) is -7.56. The Labute approximate surface area is 196 Å². The van der Waals surface area contributed by atoms with E-state index in [0.717, 1.165) is 0 Å². The van der Waals surface area contributed by atoms with Gasteiger partial charge in [-0.15, -0.1) is 0 Å². The molecule has 0 fully saturated rings. The van der Waals surface area contributed by atoms with Gasteiger partial charge in [0.1, 0.15) is 5.75 Å². The fraction of sp³-hybridized carbons (Fsp3) is 0.190. The smallest absolute Gasteiger partial charge is 0.267 e. The minimum atomic E-state index is -3.92. The van der Waals surface area contributed by atoms with Crippen molar-refractivity contribution in [3.8, 4) is 5.75 Å². The number of anilines is 3. The van der Waals surface area contributed by atoms with Crippen LogP contribution in [0.1, 0.15) is 6.92 Å². The van der Waals surface area contributed by atoms with Gasteiger partial charge >= 0.3 is 0 Å². The van der Waals surface area contributed by atoms with Crippen molar-refractivity contribution in [1.29, 1.82) is 0 Å². The molecule has 0 aliphatic carbocycles. The highest BCUT2D eigenvalue weighted by molar-refractivity contribution is 7.93. The Balaban J connectivity index is 1.49. The van der Waals surface area contributed by atoms with Crippen molar-refractivity contribution < 1.29 is 26.4 Å². The lowest BCUT2D eigenvalue weighted by Gasteiger charge is -2.34. The molecule has 1 aliphatic heterocycles. The van der Waals surface area contributed by atoms with Crippen LogP contribution in [0.3, 0.4) is 0 Å². The van der Waals surface area contributed by atoms with Crippen molar-refractivity contribution in [2.75, 3.05) is 26.6 Å². The van der Waals surface area contributed by atoms with Crippen molar-refractivity contribution >= 4 is 43.3 Å². The minimum absolute atomic E-state index is 0.0546. The van der Waals surface area contributed by atoms with Crippen molar-refractivity contribution in [3.63, 3.8) is 0 Å². The second-order valence-electron chi connectivity index (χ2n) is 7.20. The molecule has 0 saturated carbocycles. The monoisotopic (exact) mass is 503 g/mol. The van der Waals surface area contributed by atoms with Crippen LogP contribution in [-0.4, -0.2) is 51.1 Å². The molecule has 13 heteroatoms. The average Bonchev–Trinajstić information content (AvgIpc) is 2.84. The van der Waals surface area contributed by atoms with Crippen LogP contribution in [0.2, 0.25) is 0 Å². The van der Waals surface area contributed by atoms with Crippen LogP contribution in [0.4, 0.5) is 17.3 Å². The minimum Gasteiger partial charge on any atom is -0.476 e. The Bertz CT molecular complexity index is 1400. The number of rotatable bonds is 7. The molecule has 178 valence electrons. The van der Waals surface area contributed by atoms with Gasteiger partial charge in [0.25, 0.3) is 15.9 Å². The fourth-order valence-corrected chi connectivity index (χ4v) is 5.31. The number of nitrogens with zero attached hydrogens (tertiary/aromatic N) is 3. The molecule has 1 amide bonds. The molecule has 2 heterocycles. The highest BCUT2D eigenvalue weighted by Crippen LogP contribution is 2.35. The van der Waals surface area contributed by atoms with E-state index in [-0.39, 0.29) is 28.9 Å².